The highest BCUT2D eigenvalue weighted by Crippen LogP contribution is 2.26. The molecular formula is C12H21N3O. The van der Waals surface area contributed by atoms with Crippen molar-refractivity contribution < 1.29 is 4.74 Å². The van der Waals surface area contributed by atoms with Gasteiger partial charge in [-0.05, 0) is 19.3 Å². The highest BCUT2D eigenvalue weighted by Gasteiger charge is 2.23. The highest BCUT2D eigenvalue weighted by molar-refractivity contribution is 5.11. The summed E-state index contributed by atoms with van der Waals surface area (Å²) in [6.45, 7) is 4.79. The van der Waals surface area contributed by atoms with Crippen LogP contribution in [0.15, 0.2) is 12.4 Å². The molecular weight excluding hydrogens is 202 g/mol. The predicted octanol–water partition coefficient (Wildman–Crippen LogP) is 1.72. The Kier molecular flexibility index (Phi) is 3.96. The zero-order chi connectivity index (χ0) is 11.4. The summed E-state index contributed by atoms with van der Waals surface area (Å²) >= 11 is 0. The molecule has 1 aromatic heterocycles. The summed E-state index contributed by atoms with van der Waals surface area (Å²) in [5.74, 6) is 0.452. The maximum Gasteiger partial charge on any atom is 0.0537 e. The molecule has 2 unspecified atom stereocenters. The van der Waals surface area contributed by atoms with Crippen molar-refractivity contribution in [3.63, 3.8) is 0 Å². The Morgan fingerprint density at radius 3 is 3.25 bits per heavy atom. The van der Waals surface area contributed by atoms with Crippen LogP contribution in [0.2, 0.25) is 0 Å². The van der Waals surface area contributed by atoms with Crippen molar-refractivity contribution in [2.75, 3.05) is 13.2 Å². The Labute approximate surface area is 96.8 Å². The zero-order valence-electron chi connectivity index (χ0n) is 9.93. The Balaban J connectivity index is 1.98. The molecule has 0 saturated carbocycles. The van der Waals surface area contributed by atoms with E-state index >= 15 is 0 Å². The van der Waals surface area contributed by atoms with Gasteiger partial charge in [0.2, 0.25) is 0 Å². The van der Waals surface area contributed by atoms with Gasteiger partial charge in [0.25, 0.3) is 0 Å². The van der Waals surface area contributed by atoms with Crippen LogP contribution in [0.4, 0.5) is 0 Å². The molecule has 90 valence electrons. The molecule has 1 aliphatic heterocycles. The van der Waals surface area contributed by atoms with Gasteiger partial charge < -0.3 is 10.5 Å². The van der Waals surface area contributed by atoms with Gasteiger partial charge in [0.05, 0.1) is 12.8 Å². The predicted molar refractivity (Wildman–Crippen MR) is 63.0 cm³/mol. The van der Waals surface area contributed by atoms with Crippen LogP contribution in [-0.2, 0) is 11.3 Å². The number of hydrogen-bond donors (Lipinski definition) is 1. The summed E-state index contributed by atoms with van der Waals surface area (Å²) in [5.41, 5.74) is 7.39. The van der Waals surface area contributed by atoms with E-state index in [0.29, 0.717) is 5.92 Å². The van der Waals surface area contributed by atoms with E-state index in [2.05, 4.69) is 18.2 Å². The molecule has 1 saturated heterocycles. The van der Waals surface area contributed by atoms with E-state index in [9.17, 15) is 0 Å². The molecule has 0 spiro atoms. The van der Waals surface area contributed by atoms with Crippen LogP contribution in [0.1, 0.15) is 37.8 Å². The summed E-state index contributed by atoms with van der Waals surface area (Å²) in [6.07, 6.45) is 7.36. The molecule has 4 heteroatoms. The van der Waals surface area contributed by atoms with Gasteiger partial charge in [-0.1, -0.05) is 6.92 Å². The van der Waals surface area contributed by atoms with Gasteiger partial charge in [0.15, 0.2) is 0 Å². The lowest BCUT2D eigenvalue weighted by molar-refractivity contribution is 0.0447. The number of ether oxygens (including phenoxy) is 1. The van der Waals surface area contributed by atoms with Crippen molar-refractivity contribution in [3.05, 3.63) is 18.0 Å². The monoisotopic (exact) mass is 223 g/mol. The summed E-state index contributed by atoms with van der Waals surface area (Å²) in [5, 5.41) is 4.32. The van der Waals surface area contributed by atoms with Crippen molar-refractivity contribution in [2.45, 2.75) is 38.8 Å². The van der Waals surface area contributed by atoms with Crippen LogP contribution in [0.5, 0.6) is 0 Å². The molecule has 2 heterocycles. The number of aryl methyl sites for hydroxylation is 1. The van der Waals surface area contributed by atoms with Gasteiger partial charge >= 0.3 is 0 Å². The van der Waals surface area contributed by atoms with Crippen LogP contribution >= 0.6 is 0 Å². The summed E-state index contributed by atoms with van der Waals surface area (Å²) in [6, 6.07) is 0.0749. The number of aromatic nitrogens is 2. The Morgan fingerprint density at radius 2 is 2.56 bits per heavy atom. The average Bonchev–Trinajstić information content (AvgIpc) is 2.78. The van der Waals surface area contributed by atoms with Crippen molar-refractivity contribution in [2.24, 2.45) is 11.7 Å². The number of nitrogens with zero attached hydrogens (tertiary/aromatic N) is 2. The molecule has 2 atom stereocenters. The molecule has 0 aliphatic carbocycles. The summed E-state index contributed by atoms with van der Waals surface area (Å²) in [7, 11) is 0. The van der Waals surface area contributed by atoms with Gasteiger partial charge in [0, 0.05) is 36.9 Å². The standard InChI is InChI=1S/C12H21N3O/c1-2-5-15-8-11(7-14-15)12(13)10-4-3-6-16-9-10/h7-8,10,12H,2-6,9,13H2,1H3. The minimum atomic E-state index is 0.0749. The summed E-state index contributed by atoms with van der Waals surface area (Å²) < 4.78 is 7.44. The van der Waals surface area contributed by atoms with Crippen LogP contribution < -0.4 is 5.73 Å². The first-order valence-corrected chi connectivity index (χ1v) is 6.17. The number of rotatable bonds is 4. The number of nitrogens with two attached hydrogens (primary N) is 1. The molecule has 1 fully saturated rings. The molecule has 0 bridgehead atoms. The fraction of sp³-hybridized carbons (Fsp3) is 0.750. The fourth-order valence-electron chi connectivity index (χ4n) is 2.22. The van der Waals surface area contributed by atoms with E-state index in [0.717, 1.165) is 38.2 Å². The quantitative estimate of drug-likeness (QED) is 0.845. The van der Waals surface area contributed by atoms with Crippen LogP contribution in [0.3, 0.4) is 0 Å². The molecule has 4 nitrogen and oxygen atoms in total. The van der Waals surface area contributed by atoms with E-state index in [1.54, 1.807) is 0 Å². The second-order valence-electron chi connectivity index (χ2n) is 4.54. The van der Waals surface area contributed by atoms with Crippen molar-refractivity contribution in [3.8, 4) is 0 Å². The van der Waals surface area contributed by atoms with Crippen LogP contribution in [0, 0.1) is 5.92 Å². The molecule has 16 heavy (non-hydrogen) atoms. The maximum atomic E-state index is 6.25. The van der Waals surface area contributed by atoms with E-state index < -0.39 is 0 Å². The molecule has 0 aromatic carbocycles. The SMILES string of the molecule is CCCn1cc(C(N)C2CCCOC2)cn1. The Bertz CT molecular complexity index is 318. The van der Waals surface area contributed by atoms with Gasteiger partial charge in [-0.3, -0.25) is 4.68 Å². The molecule has 0 radical (unpaired) electrons. The van der Waals surface area contributed by atoms with Crippen LogP contribution in [0.25, 0.3) is 0 Å². The smallest absolute Gasteiger partial charge is 0.0537 e. The fourth-order valence-corrected chi connectivity index (χ4v) is 2.22. The summed E-state index contributed by atoms with van der Waals surface area (Å²) in [4.78, 5) is 0. The van der Waals surface area contributed by atoms with Gasteiger partial charge in [-0.15, -0.1) is 0 Å². The maximum absolute atomic E-state index is 6.25. The lowest BCUT2D eigenvalue weighted by Gasteiger charge is -2.26. The second kappa shape index (κ2) is 5.46. The van der Waals surface area contributed by atoms with Crippen molar-refractivity contribution in [1.29, 1.82) is 0 Å². The normalized spacial score (nSPS) is 23.2. The Morgan fingerprint density at radius 1 is 1.69 bits per heavy atom. The third kappa shape index (κ3) is 2.62. The van der Waals surface area contributed by atoms with Crippen molar-refractivity contribution >= 4 is 0 Å². The molecule has 1 aliphatic rings. The first-order chi connectivity index (χ1) is 7.81. The third-order valence-electron chi connectivity index (χ3n) is 3.19. The lowest BCUT2D eigenvalue weighted by Crippen LogP contribution is -2.28. The molecule has 1 aromatic rings. The topological polar surface area (TPSA) is 53.1 Å². The Hall–Kier alpha value is -0.870. The first kappa shape index (κ1) is 11.6. The highest BCUT2D eigenvalue weighted by atomic mass is 16.5. The minimum absolute atomic E-state index is 0.0749. The minimum Gasteiger partial charge on any atom is -0.381 e. The van der Waals surface area contributed by atoms with Crippen molar-refractivity contribution in [1.82, 2.24) is 9.78 Å². The third-order valence-corrected chi connectivity index (χ3v) is 3.19. The largest absolute Gasteiger partial charge is 0.381 e. The van der Waals surface area contributed by atoms with E-state index in [4.69, 9.17) is 10.5 Å². The zero-order valence-corrected chi connectivity index (χ0v) is 9.93. The second-order valence-corrected chi connectivity index (χ2v) is 4.54. The van der Waals surface area contributed by atoms with Gasteiger partial charge in [0.1, 0.15) is 0 Å². The van der Waals surface area contributed by atoms with Crippen LogP contribution in [-0.4, -0.2) is 23.0 Å². The van der Waals surface area contributed by atoms with E-state index in [1.165, 1.54) is 6.42 Å². The first-order valence-electron chi connectivity index (χ1n) is 6.17. The average molecular weight is 223 g/mol. The van der Waals surface area contributed by atoms with E-state index in [1.807, 2.05) is 10.9 Å². The molecule has 2 rings (SSSR count). The lowest BCUT2D eigenvalue weighted by atomic mass is 9.91. The van der Waals surface area contributed by atoms with Gasteiger partial charge in [-0.2, -0.15) is 5.10 Å². The number of hydrogen-bond acceptors (Lipinski definition) is 3. The molecule has 2 N–H and O–H groups in total. The van der Waals surface area contributed by atoms with E-state index in [-0.39, 0.29) is 6.04 Å². The van der Waals surface area contributed by atoms with Gasteiger partial charge in [-0.25, -0.2) is 0 Å². The molecule has 0 amide bonds.